The molecule has 0 saturated heterocycles. The van der Waals surface area contributed by atoms with E-state index >= 15 is 0 Å². The minimum atomic E-state index is -0.105. The van der Waals surface area contributed by atoms with Gasteiger partial charge in [0.2, 0.25) is 0 Å². The maximum Gasteiger partial charge on any atom is 0.149 e. The number of carbonyl (C=O) groups is 1. The molecule has 1 aliphatic carbocycles. The molecule has 1 aromatic carbocycles. The summed E-state index contributed by atoms with van der Waals surface area (Å²) < 4.78 is 0.991. The van der Waals surface area contributed by atoms with Crippen LogP contribution in [0.1, 0.15) is 18.4 Å². The van der Waals surface area contributed by atoms with Crippen LogP contribution in [0.15, 0.2) is 22.7 Å². The molecule has 0 radical (unpaired) electrons. The first-order chi connectivity index (χ1) is 7.58. The standard InChI is InChI=1S/C12H11Br2ClO/c13-9-3-4-11(15)8(5-9)6-10(14)12(16)7-1-2-7/h3-5,7,10H,1-2,6H2. The fourth-order valence-corrected chi connectivity index (χ4v) is 2.94. The van der Waals surface area contributed by atoms with Gasteiger partial charge in [0.25, 0.3) is 0 Å². The Hall–Kier alpha value is 0.140. The third-order valence-corrected chi connectivity index (χ3v) is 4.33. The van der Waals surface area contributed by atoms with Crippen LogP contribution in [0.4, 0.5) is 0 Å². The van der Waals surface area contributed by atoms with Gasteiger partial charge in [-0.2, -0.15) is 0 Å². The van der Waals surface area contributed by atoms with Crippen molar-refractivity contribution < 1.29 is 4.79 Å². The highest BCUT2D eigenvalue weighted by Crippen LogP contribution is 2.34. The van der Waals surface area contributed by atoms with Gasteiger partial charge in [-0.05, 0) is 43.0 Å². The largest absolute Gasteiger partial charge is 0.298 e. The van der Waals surface area contributed by atoms with Crippen molar-refractivity contribution in [3.05, 3.63) is 33.3 Å². The summed E-state index contributed by atoms with van der Waals surface area (Å²) in [5, 5.41) is 0.719. The maximum absolute atomic E-state index is 11.8. The van der Waals surface area contributed by atoms with Gasteiger partial charge in [0.1, 0.15) is 5.78 Å². The maximum atomic E-state index is 11.8. The zero-order chi connectivity index (χ0) is 11.7. The molecular formula is C12H11Br2ClO. The Labute approximate surface area is 117 Å². The highest BCUT2D eigenvalue weighted by Gasteiger charge is 2.33. The number of hydrogen-bond acceptors (Lipinski definition) is 1. The van der Waals surface area contributed by atoms with E-state index in [-0.39, 0.29) is 10.7 Å². The SMILES string of the molecule is O=C(C(Br)Cc1cc(Br)ccc1Cl)C1CC1. The molecule has 1 saturated carbocycles. The number of benzene rings is 1. The number of rotatable bonds is 4. The van der Waals surface area contributed by atoms with Crippen LogP contribution >= 0.6 is 43.5 Å². The fourth-order valence-electron chi connectivity index (χ4n) is 1.62. The van der Waals surface area contributed by atoms with E-state index < -0.39 is 0 Å². The van der Waals surface area contributed by atoms with Crippen LogP contribution in [0.3, 0.4) is 0 Å². The molecule has 0 aromatic heterocycles. The van der Waals surface area contributed by atoms with Crippen LogP contribution in [0, 0.1) is 5.92 Å². The molecular weight excluding hydrogens is 355 g/mol. The molecule has 0 aliphatic heterocycles. The molecule has 0 spiro atoms. The Morgan fingerprint density at radius 3 is 2.81 bits per heavy atom. The van der Waals surface area contributed by atoms with Crippen molar-refractivity contribution in [1.29, 1.82) is 0 Å². The van der Waals surface area contributed by atoms with Gasteiger partial charge in [-0.25, -0.2) is 0 Å². The molecule has 4 heteroatoms. The lowest BCUT2D eigenvalue weighted by atomic mass is 10.1. The lowest BCUT2D eigenvalue weighted by molar-refractivity contribution is -0.119. The third kappa shape index (κ3) is 3.08. The summed E-state index contributed by atoms with van der Waals surface area (Å²) in [4.78, 5) is 11.7. The summed E-state index contributed by atoms with van der Waals surface area (Å²) >= 11 is 12.9. The molecule has 0 bridgehead atoms. The lowest BCUT2D eigenvalue weighted by Gasteiger charge is -2.10. The molecule has 0 heterocycles. The molecule has 1 aliphatic rings. The molecule has 1 unspecified atom stereocenters. The summed E-state index contributed by atoms with van der Waals surface area (Å²) in [6.45, 7) is 0. The van der Waals surface area contributed by atoms with E-state index in [2.05, 4.69) is 31.9 Å². The van der Waals surface area contributed by atoms with Crippen LogP contribution in [0.2, 0.25) is 5.02 Å². The molecule has 86 valence electrons. The van der Waals surface area contributed by atoms with Crippen molar-refractivity contribution in [2.45, 2.75) is 24.1 Å². The highest BCUT2D eigenvalue weighted by atomic mass is 79.9. The normalized spacial score (nSPS) is 17.2. The molecule has 1 aromatic rings. The Bertz CT molecular complexity index is 415. The average Bonchev–Trinajstić information content (AvgIpc) is 3.06. The molecule has 1 nitrogen and oxygen atoms in total. The van der Waals surface area contributed by atoms with Gasteiger partial charge in [-0.1, -0.05) is 43.5 Å². The van der Waals surface area contributed by atoms with Gasteiger partial charge in [0.15, 0.2) is 0 Å². The van der Waals surface area contributed by atoms with Gasteiger partial charge in [-0.15, -0.1) is 0 Å². The van der Waals surface area contributed by atoms with Crippen molar-refractivity contribution >= 4 is 49.2 Å². The third-order valence-electron chi connectivity index (χ3n) is 2.70. The number of alkyl halides is 1. The van der Waals surface area contributed by atoms with Crippen molar-refractivity contribution in [1.82, 2.24) is 0 Å². The molecule has 0 amide bonds. The van der Waals surface area contributed by atoms with Crippen LogP contribution in [-0.4, -0.2) is 10.6 Å². The summed E-state index contributed by atoms with van der Waals surface area (Å²) in [7, 11) is 0. The Morgan fingerprint density at radius 1 is 1.50 bits per heavy atom. The number of halogens is 3. The molecule has 2 rings (SSSR count). The predicted octanol–water partition coefficient (Wildman–Crippen LogP) is 4.39. The monoisotopic (exact) mass is 364 g/mol. The van der Waals surface area contributed by atoms with Crippen molar-refractivity contribution in [2.75, 3.05) is 0 Å². The van der Waals surface area contributed by atoms with E-state index in [1.54, 1.807) is 0 Å². The van der Waals surface area contributed by atoms with E-state index in [1.165, 1.54) is 0 Å². The first-order valence-corrected chi connectivity index (χ1v) is 7.28. The highest BCUT2D eigenvalue weighted by molar-refractivity contribution is 9.10. The van der Waals surface area contributed by atoms with Crippen molar-refractivity contribution in [2.24, 2.45) is 5.92 Å². The van der Waals surface area contributed by atoms with Gasteiger partial charge < -0.3 is 0 Å². The summed E-state index contributed by atoms with van der Waals surface area (Å²) in [6.07, 6.45) is 2.76. The quantitative estimate of drug-likeness (QED) is 0.723. The van der Waals surface area contributed by atoms with Crippen LogP contribution in [-0.2, 0) is 11.2 Å². The van der Waals surface area contributed by atoms with E-state index in [4.69, 9.17) is 11.6 Å². The van der Waals surface area contributed by atoms with Gasteiger partial charge in [0, 0.05) is 15.4 Å². The summed E-state index contributed by atoms with van der Waals surface area (Å²) in [6, 6.07) is 5.72. The van der Waals surface area contributed by atoms with Crippen molar-refractivity contribution in [3.8, 4) is 0 Å². The average molecular weight is 366 g/mol. The zero-order valence-corrected chi connectivity index (χ0v) is 12.5. The Balaban J connectivity index is 2.07. The first kappa shape index (κ1) is 12.6. The first-order valence-electron chi connectivity index (χ1n) is 5.19. The van der Waals surface area contributed by atoms with E-state index in [1.807, 2.05) is 18.2 Å². The van der Waals surface area contributed by atoms with Crippen LogP contribution in [0.5, 0.6) is 0 Å². The van der Waals surface area contributed by atoms with Gasteiger partial charge >= 0.3 is 0 Å². The molecule has 0 N–H and O–H groups in total. The van der Waals surface area contributed by atoms with Crippen LogP contribution in [0.25, 0.3) is 0 Å². The number of Topliss-reactive ketones (excluding diaryl/α,β-unsaturated/α-hetero) is 1. The fraction of sp³-hybridized carbons (Fsp3) is 0.417. The van der Waals surface area contributed by atoms with E-state index in [0.29, 0.717) is 12.2 Å². The summed E-state index contributed by atoms with van der Waals surface area (Å²) in [5.41, 5.74) is 1.01. The smallest absolute Gasteiger partial charge is 0.149 e. The molecule has 1 fully saturated rings. The molecule has 16 heavy (non-hydrogen) atoms. The Morgan fingerprint density at radius 2 is 2.19 bits per heavy atom. The second-order valence-corrected chi connectivity index (χ2v) is 6.51. The summed E-state index contributed by atoms with van der Waals surface area (Å²) in [5.74, 6) is 0.603. The number of hydrogen-bond donors (Lipinski definition) is 0. The van der Waals surface area contributed by atoms with Crippen molar-refractivity contribution in [3.63, 3.8) is 0 Å². The van der Waals surface area contributed by atoms with Crippen LogP contribution < -0.4 is 0 Å². The predicted molar refractivity (Wildman–Crippen MR) is 73.3 cm³/mol. The minimum Gasteiger partial charge on any atom is -0.298 e. The zero-order valence-electron chi connectivity index (χ0n) is 8.55. The Kier molecular flexibility index (Phi) is 4.09. The second-order valence-electron chi connectivity index (χ2n) is 4.08. The second kappa shape index (κ2) is 5.19. The minimum absolute atomic E-state index is 0.105. The number of ketones is 1. The van der Waals surface area contributed by atoms with Gasteiger partial charge in [-0.3, -0.25) is 4.79 Å². The van der Waals surface area contributed by atoms with E-state index in [9.17, 15) is 4.79 Å². The topological polar surface area (TPSA) is 17.1 Å². The van der Waals surface area contributed by atoms with Gasteiger partial charge in [0.05, 0.1) is 4.83 Å². The van der Waals surface area contributed by atoms with E-state index in [0.717, 1.165) is 27.9 Å². The lowest BCUT2D eigenvalue weighted by Crippen LogP contribution is -2.18. The number of carbonyl (C=O) groups excluding carboxylic acids is 1. The molecule has 1 atom stereocenters.